The molecule has 2 rings (SSSR count). The summed E-state index contributed by atoms with van der Waals surface area (Å²) in [5.74, 6) is 1.27. The van der Waals surface area contributed by atoms with E-state index in [4.69, 9.17) is 9.68 Å². The average molecular weight is 204 g/mol. The molecule has 1 aliphatic carbocycles. The van der Waals surface area contributed by atoms with E-state index < -0.39 is 0 Å². The van der Waals surface area contributed by atoms with Gasteiger partial charge in [0.25, 0.3) is 0 Å². The predicted molar refractivity (Wildman–Crippen MR) is 56.9 cm³/mol. The lowest BCUT2D eigenvalue weighted by Crippen LogP contribution is -2.32. The third-order valence-corrected chi connectivity index (χ3v) is 3.05. The lowest BCUT2D eigenvalue weighted by atomic mass is 9.87. The summed E-state index contributed by atoms with van der Waals surface area (Å²) in [5, 5.41) is 12.2. The van der Waals surface area contributed by atoms with Gasteiger partial charge in [0, 0.05) is 12.0 Å². The fraction of sp³-hybridized carbons (Fsp3) is 0.583. The van der Waals surface area contributed by atoms with E-state index in [9.17, 15) is 0 Å². The molecule has 1 aliphatic rings. The van der Waals surface area contributed by atoms with Crippen LogP contribution in [0.3, 0.4) is 0 Å². The van der Waals surface area contributed by atoms with Crippen molar-refractivity contribution in [2.45, 2.75) is 38.3 Å². The number of rotatable bonds is 3. The second kappa shape index (κ2) is 4.99. The van der Waals surface area contributed by atoms with Crippen molar-refractivity contribution in [2.75, 3.05) is 0 Å². The highest BCUT2D eigenvalue weighted by molar-refractivity contribution is 4.98. The van der Waals surface area contributed by atoms with Crippen LogP contribution < -0.4 is 5.32 Å². The summed E-state index contributed by atoms with van der Waals surface area (Å²) in [4.78, 5) is 0. The van der Waals surface area contributed by atoms with E-state index in [1.54, 1.807) is 6.26 Å². The largest absolute Gasteiger partial charge is 0.468 e. The highest BCUT2D eigenvalue weighted by Gasteiger charge is 2.20. The summed E-state index contributed by atoms with van der Waals surface area (Å²) in [6.45, 7) is 0.800. The quantitative estimate of drug-likeness (QED) is 0.822. The van der Waals surface area contributed by atoms with Crippen LogP contribution in [-0.4, -0.2) is 6.04 Å². The molecule has 0 saturated heterocycles. The molecule has 0 radical (unpaired) electrons. The van der Waals surface area contributed by atoms with Crippen molar-refractivity contribution in [3.63, 3.8) is 0 Å². The van der Waals surface area contributed by atoms with Gasteiger partial charge in [0.1, 0.15) is 5.76 Å². The van der Waals surface area contributed by atoms with Gasteiger partial charge >= 0.3 is 0 Å². The van der Waals surface area contributed by atoms with Gasteiger partial charge in [-0.1, -0.05) is 0 Å². The molecule has 1 fully saturated rings. The molecule has 3 heteroatoms. The van der Waals surface area contributed by atoms with Crippen molar-refractivity contribution in [2.24, 2.45) is 5.92 Å². The topological polar surface area (TPSA) is 49.0 Å². The van der Waals surface area contributed by atoms with Gasteiger partial charge in [-0.15, -0.1) is 0 Å². The number of nitrogens with zero attached hydrogens (tertiary/aromatic N) is 1. The smallest absolute Gasteiger partial charge is 0.117 e. The molecule has 1 aromatic heterocycles. The Morgan fingerprint density at radius 1 is 1.40 bits per heavy atom. The van der Waals surface area contributed by atoms with Crippen LogP contribution in [-0.2, 0) is 6.54 Å². The Balaban J connectivity index is 1.71. The molecule has 0 amide bonds. The zero-order chi connectivity index (χ0) is 10.5. The van der Waals surface area contributed by atoms with Crippen LogP contribution in [0.2, 0.25) is 0 Å². The first-order valence-corrected chi connectivity index (χ1v) is 5.54. The Morgan fingerprint density at radius 3 is 2.80 bits per heavy atom. The van der Waals surface area contributed by atoms with Gasteiger partial charge in [0.2, 0.25) is 0 Å². The first-order valence-electron chi connectivity index (χ1n) is 5.54. The molecule has 0 aliphatic heterocycles. The summed E-state index contributed by atoms with van der Waals surface area (Å²) in [6, 6.07) is 6.79. The number of nitriles is 1. The second-order valence-electron chi connectivity index (χ2n) is 4.14. The lowest BCUT2D eigenvalue weighted by molar-refractivity contribution is 0.322. The van der Waals surface area contributed by atoms with Crippen LogP contribution in [0.5, 0.6) is 0 Å². The predicted octanol–water partition coefficient (Wildman–Crippen LogP) is 2.45. The summed E-state index contributed by atoms with van der Waals surface area (Å²) < 4.78 is 5.25. The molecular weight excluding hydrogens is 188 g/mol. The molecule has 0 unspecified atom stereocenters. The van der Waals surface area contributed by atoms with Crippen LogP contribution in [0.1, 0.15) is 31.4 Å². The molecule has 1 aromatic rings. The summed E-state index contributed by atoms with van der Waals surface area (Å²) in [5.41, 5.74) is 0. The van der Waals surface area contributed by atoms with Crippen molar-refractivity contribution in [1.82, 2.24) is 5.32 Å². The minimum atomic E-state index is 0.284. The van der Waals surface area contributed by atoms with Crippen molar-refractivity contribution >= 4 is 0 Å². The fourth-order valence-electron chi connectivity index (χ4n) is 2.08. The molecule has 1 N–H and O–H groups in total. The van der Waals surface area contributed by atoms with Crippen LogP contribution in [0.4, 0.5) is 0 Å². The Kier molecular flexibility index (Phi) is 3.41. The third kappa shape index (κ3) is 2.84. The van der Waals surface area contributed by atoms with E-state index in [0.29, 0.717) is 6.04 Å². The summed E-state index contributed by atoms with van der Waals surface area (Å²) >= 11 is 0. The molecule has 0 aromatic carbocycles. The number of hydrogen-bond acceptors (Lipinski definition) is 3. The number of furan rings is 1. The van der Waals surface area contributed by atoms with Crippen LogP contribution in [0, 0.1) is 17.2 Å². The molecular formula is C12H16N2O. The van der Waals surface area contributed by atoms with Crippen molar-refractivity contribution in [1.29, 1.82) is 5.26 Å². The third-order valence-electron chi connectivity index (χ3n) is 3.05. The Bertz CT molecular complexity index is 318. The van der Waals surface area contributed by atoms with Gasteiger partial charge in [-0.3, -0.25) is 0 Å². The molecule has 80 valence electrons. The van der Waals surface area contributed by atoms with Gasteiger partial charge in [0.05, 0.1) is 18.9 Å². The SMILES string of the molecule is N#CC1CCC(NCc2ccco2)CC1. The van der Waals surface area contributed by atoms with E-state index in [1.165, 1.54) is 0 Å². The minimum absolute atomic E-state index is 0.284. The van der Waals surface area contributed by atoms with Gasteiger partial charge in [-0.25, -0.2) is 0 Å². The molecule has 1 saturated carbocycles. The van der Waals surface area contributed by atoms with Gasteiger partial charge in [-0.05, 0) is 37.8 Å². The van der Waals surface area contributed by atoms with Gasteiger partial charge in [0.15, 0.2) is 0 Å². The Labute approximate surface area is 90.1 Å². The maximum Gasteiger partial charge on any atom is 0.117 e. The zero-order valence-corrected chi connectivity index (χ0v) is 8.78. The second-order valence-corrected chi connectivity index (χ2v) is 4.14. The summed E-state index contributed by atoms with van der Waals surface area (Å²) in [7, 11) is 0. The molecule has 0 atom stereocenters. The van der Waals surface area contributed by atoms with E-state index in [0.717, 1.165) is 38.0 Å². The lowest BCUT2D eigenvalue weighted by Gasteiger charge is -2.25. The van der Waals surface area contributed by atoms with Crippen molar-refractivity contribution in [3.8, 4) is 6.07 Å². The fourth-order valence-corrected chi connectivity index (χ4v) is 2.08. The van der Waals surface area contributed by atoms with Gasteiger partial charge in [-0.2, -0.15) is 5.26 Å². The number of hydrogen-bond donors (Lipinski definition) is 1. The molecule has 3 nitrogen and oxygen atoms in total. The van der Waals surface area contributed by atoms with E-state index in [2.05, 4.69) is 11.4 Å². The van der Waals surface area contributed by atoms with E-state index in [-0.39, 0.29) is 5.92 Å². The highest BCUT2D eigenvalue weighted by atomic mass is 16.3. The first-order chi connectivity index (χ1) is 7.38. The van der Waals surface area contributed by atoms with E-state index >= 15 is 0 Å². The maximum atomic E-state index is 8.77. The van der Waals surface area contributed by atoms with Crippen molar-refractivity contribution in [3.05, 3.63) is 24.2 Å². The van der Waals surface area contributed by atoms with Crippen LogP contribution in [0.15, 0.2) is 22.8 Å². The van der Waals surface area contributed by atoms with Crippen molar-refractivity contribution < 1.29 is 4.42 Å². The molecule has 1 heterocycles. The Hall–Kier alpha value is -1.27. The minimum Gasteiger partial charge on any atom is -0.468 e. The molecule has 15 heavy (non-hydrogen) atoms. The standard InChI is InChI=1S/C12H16N2O/c13-8-10-3-5-11(6-4-10)14-9-12-2-1-7-15-12/h1-2,7,10-11,14H,3-6,9H2. The van der Waals surface area contributed by atoms with Crippen LogP contribution >= 0.6 is 0 Å². The maximum absolute atomic E-state index is 8.77. The zero-order valence-electron chi connectivity index (χ0n) is 8.78. The Morgan fingerprint density at radius 2 is 2.20 bits per heavy atom. The first kappa shape index (κ1) is 10.3. The highest BCUT2D eigenvalue weighted by Crippen LogP contribution is 2.23. The normalized spacial score (nSPS) is 26.1. The molecule has 0 spiro atoms. The monoisotopic (exact) mass is 204 g/mol. The van der Waals surface area contributed by atoms with Gasteiger partial charge < -0.3 is 9.73 Å². The van der Waals surface area contributed by atoms with E-state index in [1.807, 2.05) is 12.1 Å². The molecule has 0 bridgehead atoms. The average Bonchev–Trinajstić information content (AvgIpc) is 2.80. The summed E-state index contributed by atoms with van der Waals surface area (Å²) in [6.07, 6.45) is 5.99. The van der Waals surface area contributed by atoms with Crippen LogP contribution in [0.25, 0.3) is 0 Å². The number of nitrogens with one attached hydrogen (secondary N) is 1.